The van der Waals surface area contributed by atoms with Crippen molar-refractivity contribution in [2.24, 2.45) is 0 Å². The van der Waals surface area contributed by atoms with Gasteiger partial charge in [0.2, 0.25) is 0 Å². The van der Waals surface area contributed by atoms with Gasteiger partial charge in [-0.2, -0.15) is 5.26 Å². The number of amides is 2. The Morgan fingerprint density at radius 1 is 1.20 bits per heavy atom. The van der Waals surface area contributed by atoms with Crippen LogP contribution in [0.1, 0.15) is 23.6 Å². The lowest BCUT2D eigenvalue weighted by Gasteiger charge is -2.20. The molecule has 128 valence electrons. The number of ether oxygens (including phenoxy) is 1. The summed E-state index contributed by atoms with van der Waals surface area (Å²) in [5, 5.41) is 23.1. The maximum atomic E-state index is 12.2. The van der Waals surface area contributed by atoms with Crippen molar-refractivity contribution >= 4 is 17.7 Å². The number of hydrogen-bond acceptors (Lipinski definition) is 4. The molecule has 0 saturated carbocycles. The first kappa shape index (κ1) is 17.8. The Hall–Kier alpha value is -3.53. The number of urea groups is 1. The minimum Gasteiger partial charge on any atom is -0.496 e. The van der Waals surface area contributed by atoms with E-state index in [0.717, 1.165) is 0 Å². The van der Waals surface area contributed by atoms with Crippen molar-refractivity contribution in [2.75, 3.05) is 12.4 Å². The number of carboxylic acid groups (broad SMARTS) is 1. The molecule has 3 N–H and O–H groups in total. The lowest BCUT2D eigenvalue weighted by atomic mass is 10.0. The highest BCUT2D eigenvalue weighted by atomic mass is 16.5. The molecule has 0 aliphatic rings. The van der Waals surface area contributed by atoms with Gasteiger partial charge in [-0.3, -0.25) is 4.79 Å². The Kier molecular flexibility index (Phi) is 5.96. The van der Waals surface area contributed by atoms with Gasteiger partial charge in [0.15, 0.2) is 0 Å². The number of para-hydroxylation sites is 1. The summed E-state index contributed by atoms with van der Waals surface area (Å²) in [6.07, 6.45) is -0.291. The van der Waals surface area contributed by atoms with Gasteiger partial charge in [0.1, 0.15) is 5.75 Å². The molecule has 0 aliphatic carbocycles. The zero-order valence-corrected chi connectivity index (χ0v) is 13.5. The smallest absolute Gasteiger partial charge is 0.319 e. The Balaban J connectivity index is 2.14. The molecular formula is C18H17N3O4. The molecule has 0 radical (unpaired) electrons. The highest BCUT2D eigenvalue weighted by molar-refractivity contribution is 5.90. The topological polar surface area (TPSA) is 111 Å². The van der Waals surface area contributed by atoms with Crippen molar-refractivity contribution < 1.29 is 19.4 Å². The molecule has 0 saturated heterocycles. The van der Waals surface area contributed by atoms with Crippen LogP contribution in [0.4, 0.5) is 10.5 Å². The van der Waals surface area contributed by atoms with Crippen molar-refractivity contribution in [1.82, 2.24) is 5.32 Å². The van der Waals surface area contributed by atoms with E-state index in [9.17, 15) is 9.59 Å². The molecule has 0 fully saturated rings. The second kappa shape index (κ2) is 8.36. The Morgan fingerprint density at radius 3 is 2.48 bits per heavy atom. The van der Waals surface area contributed by atoms with E-state index < -0.39 is 18.0 Å². The summed E-state index contributed by atoms with van der Waals surface area (Å²) in [5.74, 6) is -0.554. The third kappa shape index (κ3) is 4.97. The summed E-state index contributed by atoms with van der Waals surface area (Å²) in [4.78, 5) is 23.4. The molecule has 1 atom stereocenters. The van der Waals surface area contributed by atoms with Crippen LogP contribution in [0.5, 0.6) is 5.75 Å². The highest BCUT2D eigenvalue weighted by Crippen LogP contribution is 2.27. The van der Waals surface area contributed by atoms with E-state index in [4.69, 9.17) is 15.1 Å². The van der Waals surface area contributed by atoms with E-state index in [1.54, 1.807) is 48.5 Å². The summed E-state index contributed by atoms with van der Waals surface area (Å²) in [5.41, 5.74) is 1.54. The fourth-order valence-corrected chi connectivity index (χ4v) is 2.32. The van der Waals surface area contributed by atoms with Gasteiger partial charge in [-0.15, -0.1) is 0 Å². The lowest BCUT2D eigenvalue weighted by Crippen LogP contribution is -2.34. The standard InChI is InChI=1S/C18H17N3O4/c1-25-16-5-3-2-4-14(16)15(10-17(22)23)21-18(24)20-13-8-6-12(11-19)7-9-13/h2-9,15H,10H2,1H3,(H,22,23)(H2,20,21,24). The SMILES string of the molecule is COc1ccccc1C(CC(=O)O)NC(=O)Nc1ccc(C#N)cc1. The average molecular weight is 339 g/mol. The average Bonchev–Trinajstić information content (AvgIpc) is 2.61. The number of methoxy groups -OCH3 is 1. The van der Waals surface area contributed by atoms with Crippen LogP contribution in [0.2, 0.25) is 0 Å². The molecule has 25 heavy (non-hydrogen) atoms. The maximum absolute atomic E-state index is 12.2. The zero-order chi connectivity index (χ0) is 18.2. The van der Waals surface area contributed by atoms with Gasteiger partial charge < -0.3 is 20.5 Å². The Morgan fingerprint density at radius 2 is 1.88 bits per heavy atom. The zero-order valence-electron chi connectivity index (χ0n) is 13.5. The van der Waals surface area contributed by atoms with Crippen molar-refractivity contribution in [1.29, 1.82) is 5.26 Å². The number of hydrogen-bond donors (Lipinski definition) is 3. The first-order valence-corrected chi connectivity index (χ1v) is 7.46. The summed E-state index contributed by atoms with van der Waals surface area (Å²) in [7, 11) is 1.48. The summed E-state index contributed by atoms with van der Waals surface area (Å²) in [6, 6.07) is 13.9. The molecular weight excluding hydrogens is 322 g/mol. The number of nitrogens with one attached hydrogen (secondary N) is 2. The number of carbonyl (C=O) groups is 2. The molecule has 7 heteroatoms. The fourth-order valence-electron chi connectivity index (χ4n) is 2.32. The minimum absolute atomic E-state index is 0.291. The van der Waals surface area contributed by atoms with Crippen LogP contribution in [-0.2, 0) is 4.79 Å². The van der Waals surface area contributed by atoms with Crippen molar-refractivity contribution in [3.05, 3.63) is 59.7 Å². The monoisotopic (exact) mass is 339 g/mol. The van der Waals surface area contributed by atoms with E-state index in [-0.39, 0.29) is 6.42 Å². The van der Waals surface area contributed by atoms with Crippen LogP contribution >= 0.6 is 0 Å². The van der Waals surface area contributed by atoms with Gasteiger partial charge in [0.25, 0.3) is 0 Å². The number of aliphatic carboxylic acids is 1. The predicted octanol–water partition coefficient (Wildman–Crippen LogP) is 2.90. The van der Waals surface area contributed by atoms with E-state index in [1.807, 2.05) is 6.07 Å². The van der Waals surface area contributed by atoms with Crippen molar-refractivity contribution in [3.63, 3.8) is 0 Å². The van der Waals surface area contributed by atoms with Crippen molar-refractivity contribution in [3.8, 4) is 11.8 Å². The van der Waals surface area contributed by atoms with Crippen molar-refractivity contribution in [2.45, 2.75) is 12.5 Å². The number of rotatable bonds is 6. The van der Waals surface area contributed by atoms with Crippen LogP contribution < -0.4 is 15.4 Å². The van der Waals surface area contributed by atoms with Gasteiger partial charge in [-0.25, -0.2) is 4.79 Å². The predicted molar refractivity (Wildman–Crippen MR) is 91.3 cm³/mol. The highest BCUT2D eigenvalue weighted by Gasteiger charge is 2.21. The first-order chi connectivity index (χ1) is 12.0. The van der Waals surface area contributed by atoms with Crippen LogP contribution in [-0.4, -0.2) is 24.2 Å². The Labute approximate surface area is 144 Å². The lowest BCUT2D eigenvalue weighted by molar-refractivity contribution is -0.137. The van der Waals surface area contributed by atoms with Gasteiger partial charge in [-0.1, -0.05) is 18.2 Å². The van der Waals surface area contributed by atoms with Gasteiger partial charge >= 0.3 is 12.0 Å². The normalized spacial score (nSPS) is 11.0. The molecule has 2 aromatic carbocycles. The molecule has 2 aromatic rings. The molecule has 2 rings (SSSR count). The minimum atomic E-state index is -1.05. The van der Waals surface area contributed by atoms with Gasteiger partial charge in [0.05, 0.1) is 31.2 Å². The van der Waals surface area contributed by atoms with Gasteiger partial charge in [0, 0.05) is 11.3 Å². The summed E-state index contributed by atoms with van der Waals surface area (Å²) >= 11 is 0. The molecule has 2 amide bonds. The van der Waals surface area contributed by atoms with Crippen LogP contribution in [0.3, 0.4) is 0 Å². The quantitative estimate of drug-likeness (QED) is 0.749. The van der Waals surface area contributed by atoms with E-state index >= 15 is 0 Å². The molecule has 0 aromatic heterocycles. The number of benzene rings is 2. The van der Waals surface area contributed by atoms with Gasteiger partial charge in [-0.05, 0) is 30.3 Å². The van der Waals surface area contributed by atoms with E-state index in [2.05, 4.69) is 10.6 Å². The van der Waals surface area contributed by atoms with E-state index in [1.165, 1.54) is 7.11 Å². The third-order valence-corrected chi connectivity index (χ3v) is 3.47. The maximum Gasteiger partial charge on any atom is 0.319 e. The van der Waals surface area contributed by atoms with E-state index in [0.29, 0.717) is 22.6 Å². The number of nitriles is 1. The number of anilines is 1. The number of nitrogens with zero attached hydrogens (tertiary/aromatic N) is 1. The fraction of sp³-hybridized carbons (Fsp3) is 0.167. The second-order valence-corrected chi connectivity index (χ2v) is 5.18. The molecule has 0 aliphatic heterocycles. The summed E-state index contributed by atoms with van der Waals surface area (Å²) in [6.45, 7) is 0. The third-order valence-electron chi connectivity index (χ3n) is 3.47. The largest absolute Gasteiger partial charge is 0.496 e. The molecule has 1 unspecified atom stereocenters. The molecule has 0 spiro atoms. The summed E-state index contributed by atoms with van der Waals surface area (Å²) < 4.78 is 5.24. The number of carbonyl (C=O) groups excluding carboxylic acids is 1. The molecule has 0 bridgehead atoms. The van der Waals surface area contributed by atoms with Crippen LogP contribution in [0.25, 0.3) is 0 Å². The van der Waals surface area contributed by atoms with Crippen LogP contribution in [0.15, 0.2) is 48.5 Å². The molecule has 7 nitrogen and oxygen atoms in total. The second-order valence-electron chi connectivity index (χ2n) is 5.18. The Bertz CT molecular complexity index is 797. The van der Waals surface area contributed by atoms with Crippen LogP contribution in [0, 0.1) is 11.3 Å². The first-order valence-electron chi connectivity index (χ1n) is 7.46. The number of carboxylic acids is 1. The molecule has 0 heterocycles.